The molecule has 0 aliphatic carbocycles. The van der Waals surface area contributed by atoms with Gasteiger partial charge in [-0.25, -0.2) is 9.50 Å². The molecule has 1 atom stereocenters. The second-order valence-corrected chi connectivity index (χ2v) is 4.02. The monoisotopic (exact) mass is 218 g/mol. The van der Waals surface area contributed by atoms with Crippen molar-refractivity contribution in [1.29, 1.82) is 0 Å². The highest BCUT2D eigenvalue weighted by Gasteiger charge is 2.22. The molecule has 1 saturated heterocycles. The van der Waals surface area contributed by atoms with Crippen molar-refractivity contribution in [1.82, 2.24) is 14.6 Å². The second-order valence-electron chi connectivity index (χ2n) is 4.02. The molecule has 0 aromatic carbocycles. The highest BCUT2D eigenvalue weighted by atomic mass is 16.5. The summed E-state index contributed by atoms with van der Waals surface area (Å²) in [4.78, 5) is 4.52. The number of ether oxygens (including phenoxy) is 1. The van der Waals surface area contributed by atoms with Gasteiger partial charge < -0.3 is 10.5 Å². The van der Waals surface area contributed by atoms with E-state index in [1.54, 1.807) is 0 Å². The fourth-order valence-electron chi connectivity index (χ4n) is 2.04. The first-order valence-electron chi connectivity index (χ1n) is 5.51. The zero-order chi connectivity index (χ0) is 11.0. The lowest BCUT2D eigenvalue weighted by atomic mass is 10.1. The summed E-state index contributed by atoms with van der Waals surface area (Å²) in [6, 6.07) is 5.88. The Morgan fingerprint density at radius 1 is 1.50 bits per heavy atom. The van der Waals surface area contributed by atoms with Gasteiger partial charge in [0.15, 0.2) is 11.5 Å². The number of fused-ring (bicyclic) bond motifs is 1. The Bertz CT molecular complexity index is 502. The number of rotatable bonds is 2. The molecule has 1 aliphatic rings. The van der Waals surface area contributed by atoms with Crippen LogP contribution in [0.3, 0.4) is 0 Å². The first-order chi connectivity index (χ1) is 7.88. The van der Waals surface area contributed by atoms with Crippen LogP contribution in [-0.4, -0.2) is 27.8 Å². The van der Waals surface area contributed by atoms with Gasteiger partial charge in [0.1, 0.15) is 0 Å². The summed E-state index contributed by atoms with van der Waals surface area (Å²) in [6.07, 6.45) is 1.01. The summed E-state index contributed by atoms with van der Waals surface area (Å²) >= 11 is 0. The SMILES string of the molecule is NCc1cccc2nc(C3CCOC3)nn12. The summed E-state index contributed by atoms with van der Waals surface area (Å²) in [6.45, 7) is 2.01. The van der Waals surface area contributed by atoms with E-state index >= 15 is 0 Å². The number of nitrogens with zero attached hydrogens (tertiary/aromatic N) is 3. The highest BCUT2D eigenvalue weighted by molar-refractivity contribution is 5.39. The molecule has 1 aliphatic heterocycles. The number of pyridine rings is 1. The average molecular weight is 218 g/mol. The lowest BCUT2D eigenvalue weighted by molar-refractivity contribution is 0.193. The Hall–Kier alpha value is -1.46. The van der Waals surface area contributed by atoms with Crippen molar-refractivity contribution in [2.24, 2.45) is 5.73 Å². The van der Waals surface area contributed by atoms with Crippen molar-refractivity contribution in [3.63, 3.8) is 0 Å². The third kappa shape index (κ3) is 1.48. The van der Waals surface area contributed by atoms with E-state index < -0.39 is 0 Å². The third-order valence-corrected chi connectivity index (χ3v) is 2.96. The van der Waals surface area contributed by atoms with Crippen molar-refractivity contribution >= 4 is 5.65 Å². The summed E-state index contributed by atoms with van der Waals surface area (Å²) in [5.74, 6) is 1.21. The lowest BCUT2D eigenvalue weighted by Crippen LogP contribution is -2.05. The van der Waals surface area contributed by atoms with Crippen LogP contribution in [-0.2, 0) is 11.3 Å². The molecule has 2 N–H and O–H groups in total. The molecule has 0 amide bonds. The topological polar surface area (TPSA) is 65.4 Å². The van der Waals surface area contributed by atoms with Crippen LogP contribution in [0.4, 0.5) is 0 Å². The van der Waals surface area contributed by atoms with Crippen molar-refractivity contribution < 1.29 is 4.74 Å². The molecule has 2 aromatic rings. The minimum absolute atomic E-state index is 0.338. The van der Waals surface area contributed by atoms with Crippen LogP contribution in [0.2, 0.25) is 0 Å². The molecular formula is C11H14N4O. The highest BCUT2D eigenvalue weighted by Crippen LogP contribution is 2.22. The third-order valence-electron chi connectivity index (χ3n) is 2.96. The Balaban J connectivity index is 2.07. The van der Waals surface area contributed by atoms with Crippen molar-refractivity contribution in [3.8, 4) is 0 Å². The van der Waals surface area contributed by atoms with Gasteiger partial charge in [-0.15, -0.1) is 0 Å². The molecule has 0 bridgehead atoms. The van der Waals surface area contributed by atoms with Gasteiger partial charge in [0.25, 0.3) is 0 Å². The quantitative estimate of drug-likeness (QED) is 0.805. The van der Waals surface area contributed by atoms with E-state index in [9.17, 15) is 0 Å². The largest absolute Gasteiger partial charge is 0.381 e. The smallest absolute Gasteiger partial charge is 0.157 e. The van der Waals surface area contributed by atoms with Gasteiger partial charge in [0, 0.05) is 19.1 Å². The fraction of sp³-hybridized carbons (Fsp3) is 0.455. The minimum Gasteiger partial charge on any atom is -0.381 e. The van der Waals surface area contributed by atoms with Crippen molar-refractivity contribution in [2.45, 2.75) is 18.9 Å². The van der Waals surface area contributed by atoms with Gasteiger partial charge in [-0.2, -0.15) is 5.10 Å². The number of nitrogens with two attached hydrogens (primary N) is 1. The average Bonchev–Trinajstić information content (AvgIpc) is 2.96. The van der Waals surface area contributed by atoms with Crippen LogP contribution < -0.4 is 5.73 Å². The molecule has 5 heteroatoms. The van der Waals surface area contributed by atoms with E-state index in [2.05, 4.69) is 10.1 Å². The summed E-state index contributed by atoms with van der Waals surface area (Å²) in [7, 11) is 0. The lowest BCUT2D eigenvalue weighted by Gasteiger charge is -2.00. The molecule has 0 spiro atoms. The van der Waals surface area contributed by atoms with Crippen LogP contribution in [0, 0.1) is 0 Å². The molecule has 5 nitrogen and oxygen atoms in total. The number of hydrogen-bond acceptors (Lipinski definition) is 4. The van der Waals surface area contributed by atoms with Gasteiger partial charge in [0.2, 0.25) is 0 Å². The zero-order valence-corrected chi connectivity index (χ0v) is 8.97. The molecule has 0 saturated carbocycles. The van der Waals surface area contributed by atoms with Crippen LogP contribution in [0.25, 0.3) is 5.65 Å². The van der Waals surface area contributed by atoms with Crippen LogP contribution in [0.15, 0.2) is 18.2 Å². The first kappa shape index (κ1) is 9.74. The molecular weight excluding hydrogens is 204 g/mol. The van der Waals surface area contributed by atoms with Crippen molar-refractivity contribution in [2.75, 3.05) is 13.2 Å². The molecule has 0 radical (unpaired) electrons. The van der Waals surface area contributed by atoms with E-state index in [4.69, 9.17) is 10.5 Å². The van der Waals surface area contributed by atoms with Crippen LogP contribution in [0.5, 0.6) is 0 Å². The van der Waals surface area contributed by atoms with E-state index in [0.29, 0.717) is 12.5 Å². The van der Waals surface area contributed by atoms with Gasteiger partial charge in [-0.1, -0.05) is 6.07 Å². The van der Waals surface area contributed by atoms with E-state index in [1.165, 1.54) is 0 Å². The van der Waals surface area contributed by atoms with Crippen LogP contribution in [0.1, 0.15) is 23.9 Å². The molecule has 3 rings (SSSR count). The Morgan fingerprint density at radius 3 is 3.19 bits per heavy atom. The Kier molecular flexibility index (Phi) is 2.34. The minimum atomic E-state index is 0.338. The summed E-state index contributed by atoms with van der Waals surface area (Å²) < 4.78 is 7.18. The molecule has 84 valence electrons. The fourth-order valence-corrected chi connectivity index (χ4v) is 2.04. The number of aromatic nitrogens is 3. The van der Waals surface area contributed by atoms with E-state index in [0.717, 1.165) is 36.8 Å². The number of hydrogen-bond donors (Lipinski definition) is 1. The molecule has 16 heavy (non-hydrogen) atoms. The van der Waals surface area contributed by atoms with Crippen molar-refractivity contribution in [3.05, 3.63) is 29.7 Å². The molecule has 1 unspecified atom stereocenters. The molecule has 3 heterocycles. The summed E-state index contributed by atoms with van der Waals surface area (Å²) in [5.41, 5.74) is 7.51. The Morgan fingerprint density at radius 2 is 2.44 bits per heavy atom. The van der Waals surface area contributed by atoms with E-state index in [1.807, 2.05) is 22.7 Å². The summed E-state index contributed by atoms with van der Waals surface area (Å²) in [5, 5.41) is 4.51. The predicted molar refractivity (Wildman–Crippen MR) is 59.1 cm³/mol. The van der Waals surface area contributed by atoms with E-state index in [-0.39, 0.29) is 0 Å². The maximum Gasteiger partial charge on any atom is 0.157 e. The van der Waals surface area contributed by atoms with Gasteiger partial charge >= 0.3 is 0 Å². The molecule has 2 aromatic heterocycles. The maximum atomic E-state index is 5.67. The van der Waals surface area contributed by atoms with Gasteiger partial charge in [-0.3, -0.25) is 0 Å². The van der Waals surface area contributed by atoms with Crippen LogP contribution >= 0.6 is 0 Å². The van der Waals surface area contributed by atoms with Gasteiger partial charge in [-0.05, 0) is 18.6 Å². The first-order valence-corrected chi connectivity index (χ1v) is 5.51. The standard InChI is InChI=1S/C11H14N4O/c12-6-9-2-1-3-10-13-11(14-15(9)10)8-4-5-16-7-8/h1-3,8H,4-7,12H2. The second kappa shape index (κ2) is 3.84. The van der Waals surface area contributed by atoms with Gasteiger partial charge in [0.05, 0.1) is 12.3 Å². The normalized spacial score (nSPS) is 20.7. The predicted octanol–water partition coefficient (Wildman–Crippen LogP) is 0.692. The maximum absolute atomic E-state index is 5.67. The zero-order valence-electron chi connectivity index (χ0n) is 8.97. The Labute approximate surface area is 93.2 Å². The molecule has 1 fully saturated rings.